The molecule has 1 saturated heterocycles. The summed E-state index contributed by atoms with van der Waals surface area (Å²) in [4.78, 5) is 22.9. The van der Waals surface area contributed by atoms with Gasteiger partial charge in [0.25, 0.3) is 5.91 Å². The Labute approximate surface area is 119 Å². The number of anilines is 1. The predicted octanol–water partition coefficient (Wildman–Crippen LogP) is 0.864. The monoisotopic (exact) mass is 277 g/mol. The van der Waals surface area contributed by atoms with Crippen LogP contribution in [0, 0.1) is 5.92 Å². The van der Waals surface area contributed by atoms with Crippen LogP contribution in [-0.2, 0) is 0 Å². The van der Waals surface area contributed by atoms with E-state index in [9.17, 15) is 4.79 Å². The Morgan fingerprint density at radius 3 is 2.95 bits per heavy atom. The second-order valence-electron chi connectivity index (χ2n) is 5.81. The lowest BCUT2D eigenvalue weighted by atomic mass is 10.1. The van der Waals surface area contributed by atoms with Gasteiger partial charge in [-0.25, -0.2) is 9.97 Å². The molecule has 0 saturated carbocycles. The molecule has 1 amide bonds. The molecule has 1 aromatic heterocycles. The molecule has 1 aliphatic rings. The zero-order valence-corrected chi connectivity index (χ0v) is 12.4. The second-order valence-corrected chi connectivity index (χ2v) is 5.81. The maximum Gasteiger partial charge on any atom is 0.272 e. The Balaban J connectivity index is 1.99. The van der Waals surface area contributed by atoms with Crippen molar-refractivity contribution in [1.29, 1.82) is 0 Å². The zero-order chi connectivity index (χ0) is 14.7. The molecular formula is C14H23N5O. The first-order valence-electron chi connectivity index (χ1n) is 7.06. The Kier molecular flexibility index (Phi) is 4.54. The molecule has 3 N–H and O–H groups in total. The van der Waals surface area contributed by atoms with Crippen LogP contribution >= 0.6 is 0 Å². The third-order valence-electron chi connectivity index (χ3n) is 3.61. The molecule has 6 heteroatoms. The van der Waals surface area contributed by atoms with Crippen LogP contribution in [0.25, 0.3) is 0 Å². The van der Waals surface area contributed by atoms with Crippen LogP contribution < -0.4 is 11.1 Å². The van der Waals surface area contributed by atoms with Gasteiger partial charge in [-0.2, -0.15) is 0 Å². The molecule has 1 aromatic rings. The highest BCUT2D eigenvalue weighted by Crippen LogP contribution is 2.15. The summed E-state index contributed by atoms with van der Waals surface area (Å²) in [5.74, 6) is 1.12. The summed E-state index contributed by atoms with van der Waals surface area (Å²) < 4.78 is 0. The van der Waals surface area contributed by atoms with E-state index >= 15 is 0 Å². The van der Waals surface area contributed by atoms with Gasteiger partial charge in [-0.05, 0) is 25.9 Å². The van der Waals surface area contributed by atoms with Crippen molar-refractivity contribution in [2.75, 3.05) is 32.4 Å². The highest BCUT2D eigenvalue weighted by molar-refractivity contribution is 5.96. The van der Waals surface area contributed by atoms with Gasteiger partial charge in [0.2, 0.25) is 0 Å². The summed E-state index contributed by atoms with van der Waals surface area (Å²) in [6.45, 7) is 6.76. The third kappa shape index (κ3) is 3.45. The lowest BCUT2D eigenvalue weighted by Gasteiger charge is -2.13. The zero-order valence-electron chi connectivity index (χ0n) is 12.4. The number of rotatable bonds is 4. The predicted molar refractivity (Wildman–Crippen MR) is 78.5 cm³/mol. The van der Waals surface area contributed by atoms with Gasteiger partial charge < -0.3 is 16.0 Å². The smallest absolute Gasteiger partial charge is 0.272 e. The van der Waals surface area contributed by atoms with Crippen molar-refractivity contribution < 1.29 is 4.79 Å². The number of nitrogen functional groups attached to an aromatic ring is 1. The molecule has 1 aliphatic heterocycles. The molecule has 0 aliphatic carbocycles. The van der Waals surface area contributed by atoms with Crippen molar-refractivity contribution >= 4 is 11.6 Å². The van der Waals surface area contributed by atoms with Gasteiger partial charge in [0.15, 0.2) is 5.69 Å². The molecule has 0 spiro atoms. The standard InChI is InChI=1S/C14H23N5O/c1-9(2)13-16-7-11(15)12(18-13)14(20)17-6-10-4-5-19(3)8-10/h7,9-10H,4-6,8,15H2,1-3H3,(H,17,20). The van der Waals surface area contributed by atoms with Gasteiger partial charge in [-0.15, -0.1) is 0 Å². The van der Waals surface area contributed by atoms with Gasteiger partial charge in [0.1, 0.15) is 5.82 Å². The number of hydrogen-bond donors (Lipinski definition) is 2. The number of amides is 1. The molecule has 20 heavy (non-hydrogen) atoms. The number of carbonyl (C=O) groups excluding carboxylic acids is 1. The molecule has 1 unspecified atom stereocenters. The summed E-state index contributed by atoms with van der Waals surface area (Å²) in [6, 6.07) is 0. The molecule has 1 fully saturated rings. The van der Waals surface area contributed by atoms with Crippen LogP contribution in [0.2, 0.25) is 0 Å². The first-order valence-corrected chi connectivity index (χ1v) is 7.06. The number of nitrogens with two attached hydrogens (primary N) is 1. The number of aromatic nitrogens is 2. The number of nitrogens with zero attached hydrogens (tertiary/aromatic N) is 3. The Morgan fingerprint density at radius 2 is 2.35 bits per heavy atom. The molecule has 6 nitrogen and oxygen atoms in total. The number of carbonyl (C=O) groups is 1. The molecule has 2 heterocycles. The van der Waals surface area contributed by atoms with E-state index in [0.29, 0.717) is 24.0 Å². The largest absolute Gasteiger partial charge is 0.396 e. The van der Waals surface area contributed by atoms with E-state index in [1.54, 1.807) is 0 Å². The minimum absolute atomic E-state index is 0.172. The van der Waals surface area contributed by atoms with Gasteiger partial charge in [-0.3, -0.25) is 4.79 Å². The second kappa shape index (κ2) is 6.17. The summed E-state index contributed by atoms with van der Waals surface area (Å²) in [7, 11) is 2.10. The number of hydrogen-bond acceptors (Lipinski definition) is 5. The van der Waals surface area contributed by atoms with E-state index in [2.05, 4.69) is 27.2 Å². The fraction of sp³-hybridized carbons (Fsp3) is 0.643. The van der Waals surface area contributed by atoms with Crippen LogP contribution in [-0.4, -0.2) is 47.5 Å². The molecule has 0 radical (unpaired) electrons. The average molecular weight is 277 g/mol. The number of nitrogens with one attached hydrogen (secondary N) is 1. The molecule has 2 rings (SSSR count). The van der Waals surface area contributed by atoms with E-state index in [4.69, 9.17) is 5.73 Å². The summed E-state index contributed by atoms with van der Waals surface area (Å²) in [6.07, 6.45) is 2.63. The van der Waals surface area contributed by atoms with Gasteiger partial charge in [0, 0.05) is 19.0 Å². The maximum absolute atomic E-state index is 12.2. The Morgan fingerprint density at radius 1 is 1.60 bits per heavy atom. The number of likely N-dealkylation sites (tertiary alicyclic amines) is 1. The molecule has 0 aromatic carbocycles. The fourth-order valence-electron chi connectivity index (χ4n) is 2.38. The first kappa shape index (κ1) is 14.7. The Bertz CT molecular complexity index is 488. The van der Waals surface area contributed by atoms with E-state index < -0.39 is 0 Å². The third-order valence-corrected chi connectivity index (χ3v) is 3.61. The molecule has 0 bridgehead atoms. The molecule has 1 atom stereocenters. The van der Waals surface area contributed by atoms with Crippen molar-refractivity contribution in [3.05, 3.63) is 17.7 Å². The summed E-state index contributed by atoms with van der Waals surface area (Å²) in [5, 5.41) is 2.93. The highest BCUT2D eigenvalue weighted by atomic mass is 16.1. The van der Waals surface area contributed by atoms with Crippen molar-refractivity contribution in [2.24, 2.45) is 5.92 Å². The SMILES string of the molecule is CC(C)c1ncc(N)c(C(=O)NCC2CCN(C)C2)n1. The quantitative estimate of drug-likeness (QED) is 0.853. The van der Waals surface area contributed by atoms with Gasteiger partial charge in [-0.1, -0.05) is 13.8 Å². The lowest BCUT2D eigenvalue weighted by Crippen LogP contribution is -2.32. The summed E-state index contributed by atoms with van der Waals surface area (Å²) >= 11 is 0. The molecular weight excluding hydrogens is 254 g/mol. The average Bonchev–Trinajstić information content (AvgIpc) is 2.82. The summed E-state index contributed by atoms with van der Waals surface area (Å²) in [5.41, 5.74) is 6.42. The van der Waals surface area contributed by atoms with Crippen LogP contribution in [0.1, 0.15) is 42.5 Å². The van der Waals surface area contributed by atoms with Crippen LogP contribution in [0.15, 0.2) is 6.20 Å². The minimum Gasteiger partial charge on any atom is -0.396 e. The fourth-order valence-corrected chi connectivity index (χ4v) is 2.38. The van der Waals surface area contributed by atoms with E-state index in [1.165, 1.54) is 6.20 Å². The van der Waals surface area contributed by atoms with Gasteiger partial charge in [0.05, 0.1) is 11.9 Å². The first-order chi connectivity index (χ1) is 9.47. The topological polar surface area (TPSA) is 84.1 Å². The van der Waals surface area contributed by atoms with Crippen LogP contribution in [0.3, 0.4) is 0 Å². The lowest BCUT2D eigenvalue weighted by molar-refractivity contribution is 0.0943. The van der Waals surface area contributed by atoms with Crippen molar-refractivity contribution in [1.82, 2.24) is 20.2 Å². The van der Waals surface area contributed by atoms with E-state index in [1.807, 2.05) is 13.8 Å². The Hall–Kier alpha value is -1.69. The maximum atomic E-state index is 12.2. The minimum atomic E-state index is -0.207. The van der Waals surface area contributed by atoms with Crippen molar-refractivity contribution in [3.8, 4) is 0 Å². The van der Waals surface area contributed by atoms with Crippen LogP contribution in [0.4, 0.5) is 5.69 Å². The van der Waals surface area contributed by atoms with Crippen LogP contribution in [0.5, 0.6) is 0 Å². The van der Waals surface area contributed by atoms with Crippen molar-refractivity contribution in [3.63, 3.8) is 0 Å². The van der Waals surface area contributed by atoms with E-state index in [-0.39, 0.29) is 17.5 Å². The van der Waals surface area contributed by atoms with Crippen molar-refractivity contribution in [2.45, 2.75) is 26.2 Å². The highest BCUT2D eigenvalue weighted by Gasteiger charge is 2.21. The van der Waals surface area contributed by atoms with E-state index in [0.717, 1.165) is 19.5 Å². The molecule has 110 valence electrons. The normalized spacial score (nSPS) is 19.5. The van der Waals surface area contributed by atoms with Gasteiger partial charge >= 0.3 is 0 Å².